The monoisotopic (exact) mass is 327 g/mol. The normalized spacial score (nSPS) is 19.8. The highest BCUT2D eigenvalue weighted by Gasteiger charge is 2.37. The fourth-order valence-electron chi connectivity index (χ4n) is 3.93. The molecule has 3 heteroatoms. The lowest BCUT2D eigenvalue weighted by atomic mass is 10.0. The summed E-state index contributed by atoms with van der Waals surface area (Å²) in [5.74, 6) is 0. The molecule has 1 heterocycles. The van der Waals surface area contributed by atoms with E-state index in [4.69, 9.17) is 0 Å². The van der Waals surface area contributed by atoms with Gasteiger partial charge in [0, 0.05) is 28.7 Å². The van der Waals surface area contributed by atoms with Gasteiger partial charge in [-0.05, 0) is 44.0 Å². The van der Waals surface area contributed by atoms with Crippen molar-refractivity contribution >= 4 is 22.1 Å². The van der Waals surface area contributed by atoms with E-state index in [0.29, 0.717) is 0 Å². The Morgan fingerprint density at radius 1 is 0.960 bits per heavy atom. The Kier molecular flexibility index (Phi) is 3.82. The molecule has 124 valence electrons. The van der Waals surface area contributed by atoms with Crippen LogP contribution in [-0.4, -0.2) is 12.2 Å². The quantitative estimate of drug-likeness (QED) is 0.724. The number of para-hydroxylation sites is 1. The summed E-state index contributed by atoms with van der Waals surface area (Å²) < 4.78 is 0. The van der Waals surface area contributed by atoms with Crippen LogP contribution in [-0.2, 0) is 0 Å². The zero-order valence-electron chi connectivity index (χ0n) is 14.4. The molecule has 1 unspecified atom stereocenters. The molecule has 3 aromatic carbocycles. The Morgan fingerprint density at radius 3 is 2.44 bits per heavy atom. The first-order valence-corrected chi connectivity index (χ1v) is 8.74. The van der Waals surface area contributed by atoms with E-state index in [1.165, 1.54) is 5.69 Å². The summed E-state index contributed by atoms with van der Waals surface area (Å²) in [5.41, 5.74) is 2.92. The average molecular weight is 327 g/mol. The number of nitrogens with one attached hydrogen (secondary N) is 1. The smallest absolute Gasteiger partial charge is 0.107 e. The molecule has 4 rings (SSSR count). The summed E-state index contributed by atoms with van der Waals surface area (Å²) >= 11 is 0. The Labute approximate surface area is 148 Å². The number of fused-ring (bicyclic) bond motifs is 1. The van der Waals surface area contributed by atoms with Gasteiger partial charge in [-0.25, -0.2) is 0 Å². The van der Waals surface area contributed by atoms with E-state index in [1.807, 2.05) is 30.3 Å². The number of rotatable bonds is 3. The van der Waals surface area contributed by atoms with Crippen LogP contribution in [0.1, 0.15) is 25.3 Å². The second-order valence-corrected chi connectivity index (χ2v) is 6.81. The first-order valence-electron chi connectivity index (χ1n) is 8.74. The van der Waals surface area contributed by atoms with E-state index >= 15 is 0 Å². The number of nitriles is 1. The van der Waals surface area contributed by atoms with E-state index in [0.717, 1.165) is 41.4 Å². The Hall–Kier alpha value is -2.99. The third kappa shape index (κ3) is 2.70. The number of nitrogens with zero attached hydrogens (tertiary/aromatic N) is 2. The molecule has 3 aromatic rings. The van der Waals surface area contributed by atoms with Crippen LogP contribution in [0.2, 0.25) is 0 Å². The summed E-state index contributed by atoms with van der Waals surface area (Å²) in [6.07, 6.45) is 2.22. The van der Waals surface area contributed by atoms with Crippen LogP contribution < -0.4 is 10.2 Å². The predicted octanol–water partition coefficient (Wildman–Crippen LogP) is 5.14. The standard InChI is InChI=1S/C22H21N3/c1-22(24-18-8-3-2-4-9-18)14-7-15-25(22)21-13-12-17(16-23)19-10-5-6-11-20(19)21/h2-6,8-13,24H,7,14-15H2,1H3. The lowest BCUT2D eigenvalue weighted by Gasteiger charge is -2.39. The number of hydrogen-bond donors (Lipinski definition) is 1. The van der Waals surface area contributed by atoms with Crippen molar-refractivity contribution in [3.05, 3.63) is 72.3 Å². The Bertz CT molecular complexity index is 942. The number of hydrogen-bond acceptors (Lipinski definition) is 3. The molecule has 0 aliphatic carbocycles. The summed E-state index contributed by atoms with van der Waals surface area (Å²) in [7, 11) is 0. The van der Waals surface area contributed by atoms with Gasteiger partial charge in [-0.1, -0.05) is 42.5 Å². The van der Waals surface area contributed by atoms with Gasteiger partial charge >= 0.3 is 0 Å². The fraction of sp³-hybridized carbons (Fsp3) is 0.227. The van der Waals surface area contributed by atoms with Crippen molar-refractivity contribution in [2.24, 2.45) is 0 Å². The molecule has 1 aliphatic heterocycles. The Balaban J connectivity index is 1.79. The third-order valence-corrected chi connectivity index (χ3v) is 5.14. The van der Waals surface area contributed by atoms with Gasteiger partial charge in [0.2, 0.25) is 0 Å². The van der Waals surface area contributed by atoms with Crippen LogP contribution in [0.3, 0.4) is 0 Å². The van der Waals surface area contributed by atoms with Crippen LogP contribution in [0.4, 0.5) is 11.4 Å². The van der Waals surface area contributed by atoms with E-state index in [-0.39, 0.29) is 5.66 Å². The average Bonchev–Trinajstić information content (AvgIpc) is 3.02. The molecular weight excluding hydrogens is 306 g/mol. The van der Waals surface area contributed by atoms with Crippen molar-refractivity contribution in [2.75, 3.05) is 16.8 Å². The lowest BCUT2D eigenvalue weighted by molar-refractivity contribution is 0.535. The van der Waals surface area contributed by atoms with Gasteiger partial charge in [-0.3, -0.25) is 0 Å². The maximum absolute atomic E-state index is 9.41. The van der Waals surface area contributed by atoms with Gasteiger partial charge in [0.15, 0.2) is 0 Å². The second-order valence-electron chi connectivity index (χ2n) is 6.81. The molecule has 0 amide bonds. The predicted molar refractivity (Wildman–Crippen MR) is 104 cm³/mol. The van der Waals surface area contributed by atoms with Gasteiger partial charge in [0.05, 0.1) is 11.6 Å². The molecule has 1 fully saturated rings. The maximum atomic E-state index is 9.41. The van der Waals surface area contributed by atoms with Gasteiger partial charge < -0.3 is 10.2 Å². The SMILES string of the molecule is CC1(Nc2ccccc2)CCCN1c1ccc(C#N)c2ccccc12. The lowest BCUT2D eigenvalue weighted by Crippen LogP contribution is -2.48. The van der Waals surface area contributed by atoms with Crippen LogP contribution in [0.15, 0.2) is 66.7 Å². The zero-order chi connectivity index (χ0) is 17.3. The zero-order valence-corrected chi connectivity index (χ0v) is 14.4. The first-order chi connectivity index (χ1) is 12.2. The summed E-state index contributed by atoms with van der Waals surface area (Å²) in [6, 6.07) is 24.9. The van der Waals surface area contributed by atoms with Crippen molar-refractivity contribution in [2.45, 2.75) is 25.4 Å². The number of benzene rings is 3. The van der Waals surface area contributed by atoms with E-state index in [1.54, 1.807) is 0 Å². The summed E-state index contributed by atoms with van der Waals surface area (Å²) in [5, 5.41) is 15.3. The van der Waals surface area contributed by atoms with Gasteiger partial charge in [0.25, 0.3) is 0 Å². The minimum absolute atomic E-state index is 0.141. The van der Waals surface area contributed by atoms with E-state index in [9.17, 15) is 5.26 Å². The molecule has 3 nitrogen and oxygen atoms in total. The molecule has 1 atom stereocenters. The Morgan fingerprint density at radius 2 is 1.68 bits per heavy atom. The van der Waals surface area contributed by atoms with E-state index in [2.05, 4.69) is 59.6 Å². The molecule has 0 aromatic heterocycles. The van der Waals surface area contributed by atoms with Crippen LogP contribution in [0, 0.1) is 11.3 Å². The van der Waals surface area contributed by atoms with Gasteiger partial charge in [-0.15, -0.1) is 0 Å². The fourth-order valence-corrected chi connectivity index (χ4v) is 3.93. The highest BCUT2D eigenvalue weighted by Crippen LogP contribution is 2.39. The van der Waals surface area contributed by atoms with Crippen molar-refractivity contribution in [1.29, 1.82) is 5.26 Å². The first kappa shape index (κ1) is 15.5. The minimum Gasteiger partial charge on any atom is -0.363 e. The summed E-state index contributed by atoms with van der Waals surface area (Å²) in [4.78, 5) is 2.45. The van der Waals surface area contributed by atoms with Crippen molar-refractivity contribution in [3.63, 3.8) is 0 Å². The molecule has 0 bridgehead atoms. The van der Waals surface area contributed by atoms with Crippen molar-refractivity contribution in [1.82, 2.24) is 0 Å². The molecule has 1 N–H and O–H groups in total. The molecule has 25 heavy (non-hydrogen) atoms. The minimum atomic E-state index is -0.141. The highest BCUT2D eigenvalue weighted by atomic mass is 15.3. The third-order valence-electron chi connectivity index (χ3n) is 5.14. The van der Waals surface area contributed by atoms with Gasteiger partial charge in [0.1, 0.15) is 5.66 Å². The number of anilines is 2. The van der Waals surface area contributed by atoms with Crippen LogP contribution in [0.25, 0.3) is 10.8 Å². The molecular formula is C22H21N3. The molecule has 0 spiro atoms. The topological polar surface area (TPSA) is 39.1 Å². The van der Waals surface area contributed by atoms with Crippen LogP contribution in [0.5, 0.6) is 0 Å². The van der Waals surface area contributed by atoms with E-state index < -0.39 is 0 Å². The van der Waals surface area contributed by atoms with Crippen LogP contribution >= 0.6 is 0 Å². The molecule has 0 saturated carbocycles. The van der Waals surface area contributed by atoms with Crippen molar-refractivity contribution in [3.8, 4) is 6.07 Å². The second kappa shape index (κ2) is 6.14. The molecule has 0 radical (unpaired) electrons. The molecule has 1 saturated heterocycles. The highest BCUT2D eigenvalue weighted by molar-refractivity contribution is 5.98. The maximum Gasteiger partial charge on any atom is 0.107 e. The van der Waals surface area contributed by atoms with Gasteiger partial charge in [-0.2, -0.15) is 5.26 Å². The molecule has 1 aliphatic rings. The van der Waals surface area contributed by atoms with Crippen molar-refractivity contribution < 1.29 is 0 Å². The summed E-state index contributed by atoms with van der Waals surface area (Å²) in [6.45, 7) is 3.27. The largest absolute Gasteiger partial charge is 0.363 e.